The lowest BCUT2D eigenvalue weighted by molar-refractivity contribution is 0.180. The zero-order valence-electron chi connectivity index (χ0n) is 10.8. The number of alkyl halides is 1. The number of rotatable bonds is 2. The van der Waals surface area contributed by atoms with E-state index in [2.05, 4.69) is 6.92 Å². The van der Waals surface area contributed by atoms with Crippen LogP contribution < -0.4 is 0 Å². The van der Waals surface area contributed by atoms with Crippen LogP contribution in [0.3, 0.4) is 0 Å². The molecule has 4 unspecified atom stereocenters. The van der Waals surface area contributed by atoms with Crippen molar-refractivity contribution in [2.75, 3.05) is 0 Å². The maximum Gasteiger partial charge on any atom is 0.0366 e. The molecule has 0 spiro atoms. The molecule has 0 bridgehead atoms. The van der Waals surface area contributed by atoms with Crippen molar-refractivity contribution in [3.05, 3.63) is 0 Å². The molecule has 94 valence electrons. The van der Waals surface area contributed by atoms with Gasteiger partial charge in [-0.05, 0) is 37.0 Å². The first-order chi connectivity index (χ1) is 7.81. The van der Waals surface area contributed by atoms with E-state index >= 15 is 0 Å². The normalized spacial score (nSPS) is 41.6. The summed E-state index contributed by atoms with van der Waals surface area (Å²) in [4.78, 5) is 0. The molecule has 2 saturated carbocycles. The molecule has 0 aromatic heterocycles. The van der Waals surface area contributed by atoms with Crippen LogP contribution in [0.2, 0.25) is 0 Å². The molecule has 1 heteroatoms. The second-order valence-corrected chi connectivity index (χ2v) is 6.58. The van der Waals surface area contributed by atoms with Crippen LogP contribution in [0, 0.1) is 17.8 Å². The van der Waals surface area contributed by atoms with Gasteiger partial charge < -0.3 is 0 Å². The predicted molar refractivity (Wildman–Crippen MR) is 72.0 cm³/mol. The lowest BCUT2D eigenvalue weighted by Gasteiger charge is -2.36. The van der Waals surface area contributed by atoms with Gasteiger partial charge in [-0.15, -0.1) is 11.6 Å². The minimum atomic E-state index is 0.489. The van der Waals surface area contributed by atoms with Crippen molar-refractivity contribution in [3.8, 4) is 0 Å². The first-order valence-corrected chi connectivity index (χ1v) is 7.89. The Hall–Kier alpha value is 0.290. The zero-order chi connectivity index (χ0) is 11.4. The minimum absolute atomic E-state index is 0.489. The van der Waals surface area contributed by atoms with E-state index in [1.165, 1.54) is 64.2 Å². The third-order valence-corrected chi connectivity index (χ3v) is 5.53. The van der Waals surface area contributed by atoms with Crippen LogP contribution in [-0.2, 0) is 0 Å². The molecule has 0 N–H and O–H groups in total. The van der Waals surface area contributed by atoms with Crippen LogP contribution in [0.15, 0.2) is 0 Å². The highest BCUT2D eigenvalue weighted by Crippen LogP contribution is 2.42. The Morgan fingerprint density at radius 3 is 2.56 bits per heavy atom. The second-order valence-electron chi connectivity index (χ2n) is 6.02. The Kier molecular flexibility index (Phi) is 5.00. The molecule has 2 fully saturated rings. The van der Waals surface area contributed by atoms with E-state index in [1.54, 1.807) is 0 Å². The SMILES string of the molecule is CCC1CCCC(C2CCCCCC2Cl)C1. The summed E-state index contributed by atoms with van der Waals surface area (Å²) in [5, 5.41) is 0.489. The van der Waals surface area contributed by atoms with E-state index in [0.717, 1.165) is 17.8 Å². The largest absolute Gasteiger partial charge is 0.123 e. The lowest BCUT2D eigenvalue weighted by Crippen LogP contribution is -2.28. The Balaban J connectivity index is 1.93. The summed E-state index contributed by atoms with van der Waals surface area (Å²) in [6, 6.07) is 0. The predicted octanol–water partition coefficient (Wildman–Crippen LogP) is 5.39. The van der Waals surface area contributed by atoms with Crippen molar-refractivity contribution >= 4 is 11.6 Å². The zero-order valence-corrected chi connectivity index (χ0v) is 11.5. The number of hydrogen-bond acceptors (Lipinski definition) is 0. The lowest BCUT2D eigenvalue weighted by atomic mass is 9.72. The van der Waals surface area contributed by atoms with Gasteiger partial charge in [0, 0.05) is 5.38 Å². The van der Waals surface area contributed by atoms with E-state index in [-0.39, 0.29) is 0 Å². The van der Waals surface area contributed by atoms with Crippen LogP contribution in [-0.4, -0.2) is 5.38 Å². The highest BCUT2D eigenvalue weighted by molar-refractivity contribution is 6.20. The fraction of sp³-hybridized carbons (Fsp3) is 1.00. The standard InChI is InChI=1S/C15H27Cl/c1-2-12-7-6-8-13(11-12)14-9-4-3-5-10-15(14)16/h12-15H,2-11H2,1H3. The van der Waals surface area contributed by atoms with Crippen LogP contribution >= 0.6 is 11.6 Å². The van der Waals surface area contributed by atoms with Crippen LogP contribution in [0.4, 0.5) is 0 Å². The molecule has 4 atom stereocenters. The molecule has 16 heavy (non-hydrogen) atoms. The molecule has 0 aromatic rings. The monoisotopic (exact) mass is 242 g/mol. The molecule has 0 heterocycles. The molecule has 0 nitrogen and oxygen atoms in total. The van der Waals surface area contributed by atoms with Crippen molar-refractivity contribution < 1.29 is 0 Å². The molecule has 0 radical (unpaired) electrons. The van der Waals surface area contributed by atoms with E-state index < -0.39 is 0 Å². The highest BCUT2D eigenvalue weighted by atomic mass is 35.5. The smallest absolute Gasteiger partial charge is 0.0366 e. The molecule has 0 aliphatic heterocycles. The van der Waals surface area contributed by atoms with E-state index in [0.29, 0.717) is 5.38 Å². The van der Waals surface area contributed by atoms with Gasteiger partial charge in [0.2, 0.25) is 0 Å². The summed E-state index contributed by atoms with van der Waals surface area (Å²) >= 11 is 6.61. The summed E-state index contributed by atoms with van der Waals surface area (Å²) in [7, 11) is 0. The Morgan fingerprint density at radius 1 is 0.938 bits per heavy atom. The number of hydrogen-bond donors (Lipinski definition) is 0. The Morgan fingerprint density at radius 2 is 1.75 bits per heavy atom. The van der Waals surface area contributed by atoms with Crippen LogP contribution in [0.5, 0.6) is 0 Å². The van der Waals surface area contributed by atoms with Crippen molar-refractivity contribution in [1.29, 1.82) is 0 Å². The van der Waals surface area contributed by atoms with Crippen molar-refractivity contribution in [3.63, 3.8) is 0 Å². The van der Waals surface area contributed by atoms with Gasteiger partial charge in [-0.25, -0.2) is 0 Å². The van der Waals surface area contributed by atoms with Gasteiger partial charge >= 0.3 is 0 Å². The maximum atomic E-state index is 6.61. The summed E-state index contributed by atoms with van der Waals surface area (Å²) < 4.78 is 0. The molecular weight excluding hydrogens is 216 g/mol. The van der Waals surface area contributed by atoms with Crippen LogP contribution in [0.1, 0.15) is 71.1 Å². The third kappa shape index (κ3) is 3.15. The topological polar surface area (TPSA) is 0 Å². The summed E-state index contributed by atoms with van der Waals surface area (Å²) in [6.45, 7) is 2.36. The first-order valence-electron chi connectivity index (χ1n) is 7.45. The molecule has 2 aliphatic carbocycles. The molecule has 0 aromatic carbocycles. The van der Waals surface area contributed by atoms with Gasteiger partial charge in [0.25, 0.3) is 0 Å². The fourth-order valence-corrected chi connectivity index (χ4v) is 4.40. The number of halogens is 1. The summed E-state index contributed by atoms with van der Waals surface area (Å²) in [5.74, 6) is 2.81. The van der Waals surface area contributed by atoms with Gasteiger partial charge in [0.15, 0.2) is 0 Å². The van der Waals surface area contributed by atoms with Gasteiger partial charge in [0.05, 0.1) is 0 Å². The molecule has 0 saturated heterocycles. The van der Waals surface area contributed by atoms with E-state index in [1.807, 2.05) is 0 Å². The second kappa shape index (κ2) is 6.28. The molecule has 2 aliphatic rings. The third-order valence-electron chi connectivity index (χ3n) is 4.99. The van der Waals surface area contributed by atoms with Gasteiger partial charge in [-0.1, -0.05) is 51.9 Å². The first kappa shape index (κ1) is 12.7. The Bertz CT molecular complexity index is 202. The van der Waals surface area contributed by atoms with E-state index in [9.17, 15) is 0 Å². The molecule has 0 amide bonds. The van der Waals surface area contributed by atoms with Crippen molar-refractivity contribution in [2.45, 2.75) is 76.5 Å². The van der Waals surface area contributed by atoms with Crippen molar-refractivity contribution in [1.82, 2.24) is 0 Å². The van der Waals surface area contributed by atoms with Gasteiger partial charge in [0.1, 0.15) is 0 Å². The van der Waals surface area contributed by atoms with Gasteiger partial charge in [-0.2, -0.15) is 0 Å². The molecule has 2 rings (SSSR count). The Labute approximate surface area is 106 Å². The maximum absolute atomic E-state index is 6.61. The summed E-state index contributed by atoms with van der Waals surface area (Å²) in [5.41, 5.74) is 0. The quantitative estimate of drug-likeness (QED) is 0.450. The van der Waals surface area contributed by atoms with Gasteiger partial charge in [-0.3, -0.25) is 0 Å². The highest BCUT2D eigenvalue weighted by Gasteiger charge is 2.32. The van der Waals surface area contributed by atoms with Crippen molar-refractivity contribution in [2.24, 2.45) is 17.8 Å². The minimum Gasteiger partial charge on any atom is -0.123 e. The fourth-order valence-electron chi connectivity index (χ4n) is 3.91. The van der Waals surface area contributed by atoms with E-state index in [4.69, 9.17) is 11.6 Å². The van der Waals surface area contributed by atoms with Crippen LogP contribution in [0.25, 0.3) is 0 Å². The average Bonchev–Trinajstić information content (AvgIpc) is 2.54. The molecular formula is C15H27Cl. The summed E-state index contributed by atoms with van der Waals surface area (Å²) in [6.07, 6.45) is 14.2. The average molecular weight is 243 g/mol.